The van der Waals surface area contributed by atoms with Gasteiger partial charge in [-0.15, -0.1) is 0 Å². The molecule has 18 heavy (non-hydrogen) atoms. The Kier molecular flexibility index (Phi) is 11.7. The number of ether oxygens (including phenoxy) is 2. The molecule has 0 saturated heterocycles. The highest BCUT2D eigenvalue weighted by Gasteiger charge is 2.22. The Hall–Kier alpha value is -0.220. The molecule has 0 aromatic heterocycles. The van der Waals surface area contributed by atoms with Gasteiger partial charge in [0.15, 0.2) is 0 Å². The van der Waals surface area contributed by atoms with Gasteiger partial charge in [0, 0.05) is 26.6 Å². The van der Waals surface area contributed by atoms with Gasteiger partial charge in [-0.3, -0.25) is 0 Å². The maximum Gasteiger partial charge on any atom is 0.238 e. The van der Waals surface area contributed by atoms with Gasteiger partial charge >= 0.3 is 0 Å². The van der Waals surface area contributed by atoms with Crippen LogP contribution in [0.2, 0.25) is 0 Å². The predicted molar refractivity (Wildman–Crippen MR) is 70.2 cm³/mol. The Morgan fingerprint density at radius 1 is 0.944 bits per heavy atom. The molecule has 0 aromatic rings. The number of unbranched alkanes of at least 4 members (excludes halogenated alkanes) is 3. The maximum absolute atomic E-state index is 12.3. The molecule has 0 fully saturated rings. The van der Waals surface area contributed by atoms with Gasteiger partial charge in [-0.2, -0.15) is 0 Å². The lowest BCUT2D eigenvalue weighted by Crippen LogP contribution is -2.27. The highest BCUT2D eigenvalue weighted by Crippen LogP contribution is 2.22. The molecule has 0 radical (unpaired) electrons. The van der Waals surface area contributed by atoms with Gasteiger partial charge in [-0.1, -0.05) is 32.6 Å². The first-order chi connectivity index (χ1) is 8.65. The number of rotatable bonds is 12. The number of hydrogen-bond donors (Lipinski definition) is 0. The zero-order chi connectivity index (χ0) is 13.8. The van der Waals surface area contributed by atoms with Crippen LogP contribution >= 0.6 is 0 Å². The van der Waals surface area contributed by atoms with Crippen LogP contribution < -0.4 is 0 Å². The molecule has 2 nitrogen and oxygen atoms in total. The van der Waals surface area contributed by atoms with Crippen molar-refractivity contribution >= 4 is 0 Å². The molecular formula is C14H28F2O2. The lowest BCUT2D eigenvalue weighted by molar-refractivity contribution is -0.00306. The topological polar surface area (TPSA) is 18.5 Å². The number of methoxy groups -OCH3 is 2. The van der Waals surface area contributed by atoms with E-state index in [1.165, 1.54) is 19.3 Å². The van der Waals surface area contributed by atoms with Crippen molar-refractivity contribution in [1.82, 2.24) is 0 Å². The summed E-state index contributed by atoms with van der Waals surface area (Å²) in [6.45, 7) is 2.67. The fourth-order valence-corrected chi connectivity index (χ4v) is 2.25. The molecule has 0 rings (SSSR count). The SMILES string of the molecule is CCCCCCC(OC)C(CCC(F)F)COC. The van der Waals surface area contributed by atoms with Gasteiger partial charge in [-0.05, 0) is 12.8 Å². The molecule has 0 amide bonds. The summed E-state index contributed by atoms with van der Waals surface area (Å²) in [6, 6.07) is 0. The largest absolute Gasteiger partial charge is 0.384 e. The minimum Gasteiger partial charge on any atom is -0.384 e. The summed E-state index contributed by atoms with van der Waals surface area (Å²) < 4.78 is 35.1. The van der Waals surface area contributed by atoms with Crippen LogP contribution in [0.25, 0.3) is 0 Å². The summed E-state index contributed by atoms with van der Waals surface area (Å²) in [5, 5.41) is 0. The van der Waals surface area contributed by atoms with Crippen molar-refractivity contribution in [3.05, 3.63) is 0 Å². The van der Waals surface area contributed by atoms with Crippen LogP contribution in [0, 0.1) is 5.92 Å². The Bertz CT molecular complexity index is 177. The van der Waals surface area contributed by atoms with Gasteiger partial charge in [0.05, 0.1) is 12.7 Å². The van der Waals surface area contributed by atoms with E-state index in [0.29, 0.717) is 13.0 Å². The second-order valence-corrected chi connectivity index (χ2v) is 4.81. The first kappa shape index (κ1) is 17.8. The minimum absolute atomic E-state index is 0.0422. The highest BCUT2D eigenvalue weighted by atomic mass is 19.3. The lowest BCUT2D eigenvalue weighted by Gasteiger charge is -2.25. The van der Waals surface area contributed by atoms with Crippen molar-refractivity contribution in [3.63, 3.8) is 0 Å². The summed E-state index contributed by atoms with van der Waals surface area (Å²) in [4.78, 5) is 0. The molecule has 0 spiro atoms. The smallest absolute Gasteiger partial charge is 0.238 e. The van der Waals surface area contributed by atoms with E-state index in [9.17, 15) is 8.78 Å². The van der Waals surface area contributed by atoms with Crippen LogP contribution in [0.1, 0.15) is 51.9 Å². The van der Waals surface area contributed by atoms with Gasteiger partial charge in [0.1, 0.15) is 0 Å². The fraction of sp³-hybridized carbons (Fsp3) is 1.00. The van der Waals surface area contributed by atoms with Crippen molar-refractivity contribution in [2.24, 2.45) is 5.92 Å². The van der Waals surface area contributed by atoms with E-state index >= 15 is 0 Å². The summed E-state index contributed by atoms with van der Waals surface area (Å²) in [6.07, 6.45) is 3.86. The third kappa shape index (κ3) is 8.81. The predicted octanol–water partition coefficient (Wildman–Crippen LogP) is 4.28. The molecule has 2 unspecified atom stereocenters. The third-order valence-electron chi connectivity index (χ3n) is 3.31. The summed E-state index contributed by atoms with van der Waals surface area (Å²) in [7, 11) is 3.27. The molecule has 0 aliphatic carbocycles. The quantitative estimate of drug-likeness (QED) is 0.491. The van der Waals surface area contributed by atoms with E-state index in [0.717, 1.165) is 12.8 Å². The molecular weight excluding hydrogens is 238 g/mol. The number of halogens is 2. The minimum atomic E-state index is -2.23. The Labute approximate surface area is 110 Å². The van der Waals surface area contributed by atoms with Crippen molar-refractivity contribution in [2.75, 3.05) is 20.8 Å². The second kappa shape index (κ2) is 11.8. The summed E-state index contributed by atoms with van der Waals surface area (Å²) in [5.74, 6) is 0.0793. The van der Waals surface area contributed by atoms with Crippen LogP contribution in [0.3, 0.4) is 0 Å². The lowest BCUT2D eigenvalue weighted by atomic mass is 9.93. The van der Waals surface area contributed by atoms with E-state index in [2.05, 4.69) is 6.92 Å². The second-order valence-electron chi connectivity index (χ2n) is 4.81. The van der Waals surface area contributed by atoms with Crippen LogP contribution in [-0.2, 0) is 9.47 Å². The monoisotopic (exact) mass is 266 g/mol. The molecule has 110 valence electrons. The Balaban J connectivity index is 4.06. The van der Waals surface area contributed by atoms with E-state index < -0.39 is 6.43 Å². The van der Waals surface area contributed by atoms with E-state index in [1.54, 1.807) is 14.2 Å². The fourth-order valence-electron chi connectivity index (χ4n) is 2.25. The molecule has 0 heterocycles. The molecule has 0 saturated carbocycles. The van der Waals surface area contributed by atoms with Crippen molar-refractivity contribution < 1.29 is 18.3 Å². The molecule has 4 heteroatoms. The zero-order valence-electron chi connectivity index (χ0n) is 12.0. The highest BCUT2D eigenvalue weighted by molar-refractivity contribution is 4.71. The third-order valence-corrected chi connectivity index (χ3v) is 3.31. The Morgan fingerprint density at radius 2 is 1.67 bits per heavy atom. The number of alkyl halides is 2. The van der Waals surface area contributed by atoms with Gasteiger partial charge < -0.3 is 9.47 Å². The maximum atomic E-state index is 12.3. The number of hydrogen-bond acceptors (Lipinski definition) is 2. The van der Waals surface area contributed by atoms with Crippen LogP contribution in [0.15, 0.2) is 0 Å². The normalized spacial score (nSPS) is 15.0. The Morgan fingerprint density at radius 3 is 2.17 bits per heavy atom. The van der Waals surface area contributed by atoms with Gasteiger partial charge in [-0.25, -0.2) is 8.78 Å². The average Bonchev–Trinajstić information content (AvgIpc) is 2.35. The van der Waals surface area contributed by atoms with Crippen LogP contribution in [0.5, 0.6) is 0 Å². The van der Waals surface area contributed by atoms with E-state index in [4.69, 9.17) is 9.47 Å². The summed E-state index contributed by atoms with van der Waals surface area (Å²) in [5.41, 5.74) is 0. The zero-order valence-corrected chi connectivity index (χ0v) is 12.0. The van der Waals surface area contributed by atoms with E-state index in [-0.39, 0.29) is 18.4 Å². The molecule has 0 aliphatic heterocycles. The average molecular weight is 266 g/mol. The molecule has 0 aromatic carbocycles. The van der Waals surface area contributed by atoms with Gasteiger partial charge in [0.25, 0.3) is 0 Å². The first-order valence-electron chi connectivity index (χ1n) is 6.95. The van der Waals surface area contributed by atoms with Crippen LogP contribution in [0.4, 0.5) is 8.78 Å². The van der Waals surface area contributed by atoms with E-state index in [1.807, 2.05) is 0 Å². The van der Waals surface area contributed by atoms with Crippen molar-refractivity contribution in [1.29, 1.82) is 0 Å². The molecule has 0 N–H and O–H groups in total. The standard InChI is InChI=1S/C14H28F2O2/c1-4-5-6-7-8-13(18-3)12(11-17-2)9-10-14(15)16/h12-14H,4-11H2,1-3H3. The summed E-state index contributed by atoms with van der Waals surface area (Å²) >= 11 is 0. The molecule has 0 bridgehead atoms. The van der Waals surface area contributed by atoms with Gasteiger partial charge in [0.2, 0.25) is 6.43 Å². The molecule has 0 aliphatic rings. The van der Waals surface area contributed by atoms with Crippen molar-refractivity contribution in [2.45, 2.75) is 64.4 Å². The van der Waals surface area contributed by atoms with Crippen molar-refractivity contribution in [3.8, 4) is 0 Å². The first-order valence-corrected chi connectivity index (χ1v) is 6.95. The molecule has 2 atom stereocenters. The van der Waals surface area contributed by atoms with Crippen LogP contribution in [-0.4, -0.2) is 33.4 Å².